The predicted molar refractivity (Wildman–Crippen MR) is 74.5 cm³/mol. The molecule has 1 aliphatic rings. The van der Waals surface area contributed by atoms with Crippen LogP contribution in [-0.2, 0) is 4.79 Å². The van der Waals surface area contributed by atoms with Crippen LogP contribution in [0.25, 0.3) is 0 Å². The van der Waals surface area contributed by atoms with Crippen LogP contribution < -0.4 is 5.73 Å². The number of carbonyl (C=O) groups is 1. The minimum absolute atomic E-state index is 0.0111. The molecule has 1 atom stereocenters. The number of nitrogens with two attached hydrogens (primary N) is 1. The first-order valence-electron chi connectivity index (χ1n) is 6.87. The Hall–Kier alpha value is -1.39. The molecule has 1 amide bonds. The summed E-state index contributed by atoms with van der Waals surface area (Å²) in [4.78, 5) is 14.2. The van der Waals surface area contributed by atoms with Crippen molar-refractivity contribution < 1.29 is 9.90 Å². The Morgan fingerprint density at radius 3 is 2.53 bits per heavy atom. The van der Waals surface area contributed by atoms with Crippen molar-refractivity contribution in [3.8, 4) is 0 Å². The second-order valence-electron chi connectivity index (χ2n) is 5.23. The quantitative estimate of drug-likeness (QED) is 0.842. The van der Waals surface area contributed by atoms with E-state index in [-0.39, 0.29) is 18.6 Å². The molecule has 19 heavy (non-hydrogen) atoms. The number of aryl methyl sites for hydroxylation is 1. The van der Waals surface area contributed by atoms with Gasteiger partial charge in [-0.2, -0.15) is 0 Å². The molecule has 0 radical (unpaired) electrons. The number of aliphatic hydroxyl groups is 1. The first-order valence-corrected chi connectivity index (χ1v) is 6.87. The highest BCUT2D eigenvalue weighted by atomic mass is 16.3. The van der Waals surface area contributed by atoms with Gasteiger partial charge in [0.1, 0.15) is 6.04 Å². The lowest BCUT2D eigenvalue weighted by Crippen LogP contribution is -2.49. The van der Waals surface area contributed by atoms with Crippen LogP contribution in [0.2, 0.25) is 0 Å². The van der Waals surface area contributed by atoms with E-state index in [2.05, 4.69) is 0 Å². The summed E-state index contributed by atoms with van der Waals surface area (Å²) >= 11 is 0. The van der Waals surface area contributed by atoms with Gasteiger partial charge in [-0.3, -0.25) is 4.79 Å². The molecule has 0 saturated heterocycles. The summed E-state index contributed by atoms with van der Waals surface area (Å²) < 4.78 is 0. The van der Waals surface area contributed by atoms with E-state index in [9.17, 15) is 4.79 Å². The van der Waals surface area contributed by atoms with Crippen LogP contribution in [-0.4, -0.2) is 35.1 Å². The van der Waals surface area contributed by atoms with Crippen LogP contribution in [0.4, 0.5) is 0 Å². The SMILES string of the molecule is Cc1ccc(C(N)C(=O)N(CCO)C2CCC2)cc1. The largest absolute Gasteiger partial charge is 0.395 e. The Kier molecular flexibility index (Phi) is 4.56. The minimum atomic E-state index is -0.632. The normalized spacial score (nSPS) is 16.8. The van der Waals surface area contributed by atoms with Gasteiger partial charge in [0.05, 0.1) is 6.61 Å². The van der Waals surface area contributed by atoms with E-state index < -0.39 is 6.04 Å². The van der Waals surface area contributed by atoms with Gasteiger partial charge in [-0.15, -0.1) is 0 Å². The Morgan fingerprint density at radius 2 is 2.05 bits per heavy atom. The minimum Gasteiger partial charge on any atom is -0.395 e. The van der Waals surface area contributed by atoms with Gasteiger partial charge in [0.2, 0.25) is 5.91 Å². The van der Waals surface area contributed by atoms with Crippen molar-refractivity contribution in [1.29, 1.82) is 0 Å². The molecule has 2 rings (SSSR count). The molecule has 1 aliphatic carbocycles. The molecule has 0 aromatic heterocycles. The maximum Gasteiger partial charge on any atom is 0.244 e. The van der Waals surface area contributed by atoms with E-state index in [0.717, 1.165) is 30.4 Å². The Morgan fingerprint density at radius 1 is 1.42 bits per heavy atom. The molecule has 1 saturated carbocycles. The zero-order valence-electron chi connectivity index (χ0n) is 11.4. The van der Waals surface area contributed by atoms with Crippen molar-refractivity contribution in [3.63, 3.8) is 0 Å². The summed E-state index contributed by atoms with van der Waals surface area (Å²) in [7, 11) is 0. The molecular weight excluding hydrogens is 240 g/mol. The maximum absolute atomic E-state index is 12.4. The highest BCUT2D eigenvalue weighted by Gasteiger charge is 2.31. The third-order valence-electron chi connectivity index (χ3n) is 3.84. The number of amides is 1. The van der Waals surface area contributed by atoms with Crippen molar-refractivity contribution in [3.05, 3.63) is 35.4 Å². The summed E-state index contributed by atoms with van der Waals surface area (Å²) in [6, 6.07) is 7.35. The monoisotopic (exact) mass is 262 g/mol. The third kappa shape index (κ3) is 3.14. The van der Waals surface area contributed by atoms with Crippen LogP contribution >= 0.6 is 0 Å². The summed E-state index contributed by atoms with van der Waals surface area (Å²) in [6.07, 6.45) is 3.19. The zero-order valence-corrected chi connectivity index (χ0v) is 11.4. The fraction of sp³-hybridized carbons (Fsp3) is 0.533. The smallest absolute Gasteiger partial charge is 0.244 e. The molecule has 4 heteroatoms. The molecule has 1 aromatic rings. The van der Waals surface area contributed by atoms with Crippen LogP contribution in [0, 0.1) is 6.92 Å². The van der Waals surface area contributed by atoms with Gasteiger partial charge >= 0.3 is 0 Å². The van der Waals surface area contributed by atoms with E-state index in [1.54, 1.807) is 4.90 Å². The lowest BCUT2D eigenvalue weighted by atomic mass is 9.90. The number of hydrogen-bond acceptors (Lipinski definition) is 3. The van der Waals surface area contributed by atoms with Gasteiger partial charge in [0.25, 0.3) is 0 Å². The molecule has 0 spiro atoms. The van der Waals surface area contributed by atoms with Gasteiger partial charge < -0.3 is 15.7 Å². The topological polar surface area (TPSA) is 66.6 Å². The van der Waals surface area contributed by atoms with Crippen LogP contribution in [0.5, 0.6) is 0 Å². The fourth-order valence-electron chi connectivity index (χ4n) is 2.37. The van der Waals surface area contributed by atoms with Gasteiger partial charge in [-0.1, -0.05) is 29.8 Å². The third-order valence-corrected chi connectivity index (χ3v) is 3.84. The van der Waals surface area contributed by atoms with E-state index in [0.29, 0.717) is 6.54 Å². The maximum atomic E-state index is 12.4. The Bertz CT molecular complexity index is 426. The number of aliphatic hydroxyl groups excluding tert-OH is 1. The Labute approximate surface area is 114 Å². The van der Waals surface area contributed by atoms with E-state index >= 15 is 0 Å². The molecular formula is C15H22N2O2. The van der Waals surface area contributed by atoms with Crippen molar-refractivity contribution in [1.82, 2.24) is 4.90 Å². The molecule has 0 aliphatic heterocycles. The zero-order chi connectivity index (χ0) is 13.8. The highest BCUT2D eigenvalue weighted by molar-refractivity contribution is 5.83. The van der Waals surface area contributed by atoms with E-state index in [4.69, 9.17) is 10.8 Å². The molecule has 3 N–H and O–H groups in total. The van der Waals surface area contributed by atoms with E-state index in [1.165, 1.54) is 0 Å². The number of rotatable bonds is 5. The van der Waals surface area contributed by atoms with Gasteiger partial charge in [0.15, 0.2) is 0 Å². The lowest BCUT2D eigenvalue weighted by Gasteiger charge is -2.38. The molecule has 0 bridgehead atoms. The van der Waals surface area contributed by atoms with Crippen molar-refractivity contribution in [2.45, 2.75) is 38.3 Å². The molecule has 4 nitrogen and oxygen atoms in total. The van der Waals surface area contributed by atoms with Crippen molar-refractivity contribution >= 4 is 5.91 Å². The van der Waals surface area contributed by atoms with Gasteiger partial charge in [0, 0.05) is 12.6 Å². The van der Waals surface area contributed by atoms with Gasteiger partial charge in [-0.25, -0.2) is 0 Å². The molecule has 1 fully saturated rings. The summed E-state index contributed by atoms with van der Waals surface area (Å²) in [6.45, 7) is 2.37. The summed E-state index contributed by atoms with van der Waals surface area (Å²) in [5.41, 5.74) is 8.04. The Balaban J connectivity index is 2.09. The second kappa shape index (κ2) is 6.17. The number of nitrogens with zero attached hydrogens (tertiary/aromatic N) is 1. The summed E-state index contributed by atoms with van der Waals surface area (Å²) in [5, 5.41) is 9.11. The average Bonchev–Trinajstić information content (AvgIpc) is 2.35. The highest BCUT2D eigenvalue weighted by Crippen LogP contribution is 2.27. The lowest BCUT2D eigenvalue weighted by molar-refractivity contribution is -0.137. The standard InChI is InChI=1S/C15H22N2O2/c1-11-5-7-12(8-6-11)14(16)15(19)17(9-10-18)13-3-2-4-13/h5-8,13-14,18H,2-4,9-10,16H2,1H3. The number of benzene rings is 1. The van der Waals surface area contributed by atoms with Crippen LogP contribution in [0.3, 0.4) is 0 Å². The number of carbonyl (C=O) groups excluding carboxylic acids is 1. The van der Waals surface area contributed by atoms with Gasteiger partial charge in [-0.05, 0) is 31.7 Å². The first kappa shape index (κ1) is 14.0. The van der Waals surface area contributed by atoms with Crippen LogP contribution in [0.1, 0.15) is 36.4 Å². The van der Waals surface area contributed by atoms with Crippen molar-refractivity contribution in [2.75, 3.05) is 13.2 Å². The predicted octanol–water partition coefficient (Wildman–Crippen LogP) is 1.37. The molecule has 104 valence electrons. The molecule has 1 aromatic carbocycles. The van der Waals surface area contributed by atoms with Crippen LogP contribution in [0.15, 0.2) is 24.3 Å². The average molecular weight is 262 g/mol. The van der Waals surface area contributed by atoms with E-state index in [1.807, 2.05) is 31.2 Å². The van der Waals surface area contributed by atoms with Crippen molar-refractivity contribution in [2.24, 2.45) is 5.73 Å². The summed E-state index contributed by atoms with van der Waals surface area (Å²) in [5.74, 6) is -0.0809. The molecule has 1 unspecified atom stereocenters. The first-order chi connectivity index (χ1) is 9.13. The molecule has 0 heterocycles. The number of hydrogen-bond donors (Lipinski definition) is 2. The fourth-order valence-corrected chi connectivity index (χ4v) is 2.37. The second-order valence-corrected chi connectivity index (χ2v) is 5.23.